The van der Waals surface area contributed by atoms with Crippen LogP contribution in [-0.2, 0) is 26.6 Å². The Hall–Kier alpha value is -2.65. The summed E-state index contributed by atoms with van der Waals surface area (Å²) in [6.07, 6.45) is 1.28. The monoisotopic (exact) mass is 379 g/mol. The van der Waals surface area contributed by atoms with Gasteiger partial charge in [-0.25, -0.2) is 17.9 Å². The van der Waals surface area contributed by atoms with Gasteiger partial charge in [-0.15, -0.1) is 0 Å². The van der Waals surface area contributed by atoms with Gasteiger partial charge in [-0.1, -0.05) is 17.7 Å². The van der Waals surface area contributed by atoms with Crippen molar-refractivity contribution in [1.82, 2.24) is 9.29 Å². The number of aryl methyl sites for hydroxylation is 2. The van der Waals surface area contributed by atoms with Gasteiger partial charge in [0.1, 0.15) is 10.6 Å². The van der Waals surface area contributed by atoms with Gasteiger partial charge in [-0.05, 0) is 25.1 Å². The average molecular weight is 379 g/mol. The molecule has 9 heteroatoms. The fraction of sp³-hybridized carbons (Fsp3) is 0.294. The molecule has 1 aromatic carbocycles. The number of hydrogen-bond acceptors (Lipinski definition) is 5. The zero-order valence-electron chi connectivity index (χ0n) is 14.8. The van der Waals surface area contributed by atoms with Crippen LogP contribution in [0, 0.1) is 6.92 Å². The summed E-state index contributed by atoms with van der Waals surface area (Å²) in [6, 6.07) is 8.51. The predicted octanol–water partition coefficient (Wildman–Crippen LogP) is 1.43. The number of ether oxygens (including phenoxy) is 1. The van der Waals surface area contributed by atoms with Gasteiger partial charge in [0.15, 0.2) is 0 Å². The number of benzene rings is 1. The van der Waals surface area contributed by atoms with Crippen molar-refractivity contribution in [3.05, 3.63) is 47.8 Å². The number of anilines is 1. The first-order valence-electron chi connectivity index (χ1n) is 7.84. The average Bonchev–Trinajstić information content (AvgIpc) is 2.99. The first-order chi connectivity index (χ1) is 12.2. The molecule has 0 aliphatic heterocycles. The Bertz CT molecular complexity index is 901. The van der Waals surface area contributed by atoms with E-state index in [1.165, 1.54) is 23.9 Å². The highest BCUT2D eigenvalue weighted by Gasteiger charge is 2.20. The van der Waals surface area contributed by atoms with Crippen LogP contribution in [0.1, 0.15) is 22.5 Å². The van der Waals surface area contributed by atoms with E-state index in [-0.39, 0.29) is 29.5 Å². The molecule has 1 aromatic heterocycles. The van der Waals surface area contributed by atoms with Crippen molar-refractivity contribution in [2.24, 2.45) is 7.05 Å². The highest BCUT2D eigenvalue weighted by atomic mass is 32.2. The van der Waals surface area contributed by atoms with Crippen molar-refractivity contribution >= 4 is 27.6 Å². The minimum absolute atomic E-state index is 0.0240. The maximum atomic E-state index is 12.3. The van der Waals surface area contributed by atoms with Gasteiger partial charge in [0.05, 0.1) is 7.11 Å². The Kier molecular flexibility index (Phi) is 6.17. The van der Waals surface area contributed by atoms with Crippen molar-refractivity contribution in [1.29, 1.82) is 0 Å². The van der Waals surface area contributed by atoms with E-state index in [1.807, 2.05) is 19.1 Å². The van der Waals surface area contributed by atoms with Crippen LogP contribution in [0.2, 0.25) is 0 Å². The molecule has 0 spiro atoms. The number of methoxy groups -OCH3 is 1. The number of carbonyl (C=O) groups excluding carboxylic acids is 2. The van der Waals surface area contributed by atoms with Crippen LogP contribution < -0.4 is 10.0 Å². The van der Waals surface area contributed by atoms with Crippen LogP contribution in [0.3, 0.4) is 0 Å². The second-order valence-corrected chi connectivity index (χ2v) is 7.49. The van der Waals surface area contributed by atoms with Crippen molar-refractivity contribution in [3.8, 4) is 0 Å². The quantitative estimate of drug-likeness (QED) is 0.708. The highest BCUT2D eigenvalue weighted by Crippen LogP contribution is 2.14. The summed E-state index contributed by atoms with van der Waals surface area (Å²) in [4.78, 5) is 23.4. The second kappa shape index (κ2) is 8.15. The van der Waals surface area contributed by atoms with Gasteiger partial charge in [0.2, 0.25) is 15.9 Å². The number of rotatable bonds is 7. The maximum Gasteiger partial charge on any atom is 0.354 e. The standard InChI is InChI=1S/C17H21N3O5S/c1-12-4-6-13(7-5-12)19-16(21)8-9-18-26(23,24)14-10-15(17(22)25-3)20(2)11-14/h4-7,10-11,18H,8-9H2,1-3H3,(H,19,21). The molecule has 0 radical (unpaired) electrons. The molecule has 8 nitrogen and oxygen atoms in total. The van der Waals surface area contributed by atoms with Gasteiger partial charge < -0.3 is 14.6 Å². The van der Waals surface area contributed by atoms with Crippen LogP contribution in [-0.4, -0.2) is 38.5 Å². The van der Waals surface area contributed by atoms with Crippen LogP contribution in [0.5, 0.6) is 0 Å². The van der Waals surface area contributed by atoms with Gasteiger partial charge in [0.25, 0.3) is 0 Å². The Morgan fingerprint density at radius 1 is 1.19 bits per heavy atom. The Morgan fingerprint density at radius 3 is 2.46 bits per heavy atom. The molecule has 0 aliphatic carbocycles. The van der Waals surface area contributed by atoms with Gasteiger partial charge in [-0.2, -0.15) is 0 Å². The molecule has 1 amide bonds. The van der Waals surface area contributed by atoms with Crippen molar-refractivity contribution in [2.75, 3.05) is 19.0 Å². The van der Waals surface area contributed by atoms with Crippen LogP contribution in [0.4, 0.5) is 5.69 Å². The van der Waals surface area contributed by atoms with E-state index in [0.717, 1.165) is 5.56 Å². The van der Waals surface area contributed by atoms with Crippen molar-refractivity contribution < 1.29 is 22.7 Å². The summed E-state index contributed by atoms with van der Waals surface area (Å²) >= 11 is 0. The minimum Gasteiger partial charge on any atom is -0.464 e. The van der Waals surface area contributed by atoms with Crippen molar-refractivity contribution in [2.45, 2.75) is 18.2 Å². The summed E-state index contributed by atoms with van der Waals surface area (Å²) in [5.41, 5.74) is 1.84. The lowest BCUT2D eigenvalue weighted by atomic mass is 10.2. The second-order valence-electron chi connectivity index (χ2n) is 5.73. The van der Waals surface area contributed by atoms with E-state index in [2.05, 4.69) is 14.8 Å². The molecular weight excluding hydrogens is 358 g/mol. The Labute approximate surface area is 152 Å². The van der Waals surface area contributed by atoms with Crippen molar-refractivity contribution in [3.63, 3.8) is 0 Å². The van der Waals surface area contributed by atoms with Gasteiger partial charge in [-0.3, -0.25) is 4.79 Å². The third kappa shape index (κ3) is 4.93. The van der Waals surface area contributed by atoms with Crippen LogP contribution >= 0.6 is 0 Å². The topological polar surface area (TPSA) is 106 Å². The molecule has 0 saturated heterocycles. The fourth-order valence-corrected chi connectivity index (χ4v) is 3.33. The molecule has 1 heterocycles. The first kappa shape index (κ1) is 19.7. The lowest BCUT2D eigenvalue weighted by Crippen LogP contribution is -2.27. The summed E-state index contributed by atoms with van der Waals surface area (Å²) < 4.78 is 32.9. The number of hydrogen-bond donors (Lipinski definition) is 2. The van der Waals surface area contributed by atoms with E-state index < -0.39 is 16.0 Å². The molecule has 140 valence electrons. The maximum absolute atomic E-state index is 12.3. The van der Waals surface area contributed by atoms with Crippen LogP contribution in [0.15, 0.2) is 41.4 Å². The normalized spacial score (nSPS) is 11.2. The van der Waals surface area contributed by atoms with E-state index in [0.29, 0.717) is 5.69 Å². The van der Waals surface area contributed by atoms with E-state index in [9.17, 15) is 18.0 Å². The lowest BCUT2D eigenvalue weighted by Gasteiger charge is -2.07. The number of nitrogens with zero attached hydrogens (tertiary/aromatic N) is 1. The first-order valence-corrected chi connectivity index (χ1v) is 9.32. The molecule has 0 unspecified atom stereocenters. The highest BCUT2D eigenvalue weighted by molar-refractivity contribution is 7.89. The Balaban J connectivity index is 1.92. The zero-order chi connectivity index (χ0) is 19.3. The SMILES string of the molecule is COC(=O)c1cc(S(=O)(=O)NCCC(=O)Nc2ccc(C)cc2)cn1C. The summed E-state index contributed by atoms with van der Waals surface area (Å²) in [5.74, 6) is -0.939. The number of esters is 1. The number of nitrogens with one attached hydrogen (secondary N) is 2. The van der Waals surface area contributed by atoms with Gasteiger partial charge in [0, 0.05) is 31.9 Å². The molecule has 0 fully saturated rings. The Morgan fingerprint density at radius 2 is 1.85 bits per heavy atom. The molecule has 2 rings (SSSR count). The molecule has 0 atom stereocenters. The van der Waals surface area contributed by atoms with Crippen LogP contribution in [0.25, 0.3) is 0 Å². The molecule has 0 aliphatic rings. The van der Waals surface area contributed by atoms with E-state index >= 15 is 0 Å². The number of sulfonamides is 1. The summed E-state index contributed by atoms with van der Waals surface area (Å²) in [7, 11) is -1.08. The summed E-state index contributed by atoms with van der Waals surface area (Å²) in [6.45, 7) is 1.87. The predicted molar refractivity (Wildman–Crippen MR) is 96.4 cm³/mol. The molecule has 2 aromatic rings. The molecule has 26 heavy (non-hydrogen) atoms. The molecule has 2 N–H and O–H groups in total. The molecular formula is C17H21N3O5S. The lowest BCUT2D eigenvalue weighted by molar-refractivity contribution is -0.116. The largest absolute Gasteiger partial charge is 0.464 e. The third-order valence-corrected chi connectivity index (χ3v) is 5.09. The number of amides is 1. The number of carbonyl (C=O) groups is 2. The van der Waals surface area contributed by atoms with E-state index in [4.69, 9.17) is 0 Å². The van der Waals surface area contributed by atoms with E-state index in [1.54, 1.807) is 19.2 Å². The number of aromatic nitrogens is 1. The molecule has 0 saturated carbocycles. The zero-order valence-corrected chi connectivity index (χ0v) is 15.6. The fourth-order valence-electron chi connectivity index (χ4n) is 2.23. The minimum atomic E-state index is -3.84. The smallest absolute Gasteiger partial charge is 0.354 e. The summed E-state index contributed by atoms with van der Waals surface area (Å²) in [5, 5.41) is 2.69. The van der Waals surface area contributed by atoms with Gasteiger partial charge >= 0.3 is 5.97 Å². The third-order valence-electron chi connectivity index (χ3n) is 3.66. The molecule has 0 bridgehead atoms.